The summed E-state index contributed by atoms with van der Waals surface area (Å²) in [5, 5.41) is 2.65. The minimum absolute atomic E-state index is 0.0329. The number of hydrogen-bond donors (Lipinski definition) is 2. The fourth-order valence-electron chi connectivity index (χ4n) is 1.89. The minimum atomic E-state index is -1.46. The molecule has 2 aromatic carbocycles. The molecule has 0 spiro atoms. The maximum Gasteiger partial charge on any atom is 0.311 e. The topological polar surface area (TPSA) is 84.2 Å². The number of nitrogens with zero attached hydrogens (tertiary/aromatic N) is 1. The van der Waals surface area contributed by atoms with Crippen LogP contribution in [0.4, 0.5) is 11.4 Å². The molecule has 0 radical (unpaired) electrons. The summed E-state index contributed by atoms with van der Waals surface area (Å²) in [5.41, 5.74) is 1.23. The van der Waals surface area contributed by atoms with E-state index in [4.69, 9.17) is 4.42 Å². The van der Waals surface area contributed by atoms with Crippen molar-refractivity contribution in [2.75, 3.05) is 10.0 Å². The number of nitrogens with one attached hydrogen (secondary N) is 2. The average molecular weight is 406 g/mol. The third-order valence-electron chi connectivity index (χ3n) is 2.99. The van der Waals surface area contributed by atoms with E-state index < -0.39 is 16.9 Å². The van der Waals surface area contributed by atoms with Crippen LogP contribution in [0.5, 0.6) is 0 Å². The van der Waals surface area contributed by atoms with E-state index in [-0.39, 0.29) is 5.89 Å². The lowest BCUT2D eigenvalue weighted by Gasteiger charge is -2.08. The summed E-state index contributed by atoms with van der Waals surface area (Å²) in [6.07, 6.45) is 2.71. The Labute approximate surface area is 149 Å². The molecule has 122 valence electrons. The molecule has 1 aromatic heterocycles. The number of carbonyl (C=O) groups excluding carboxylic acids is 1. The summed E-state index contributed by atoms with van der Waals surface area (Å²) in [7, 11) is -1.46. The number of halogens is 1. The highest BCUT2D eigenvalue weighted by Gasteiger charge is 2.12. The van der Waals surface area contributed by atoms with Gasteiger partial charge in [-0.2, -0.15) is 0 Å². The van der Waals surface area contributed by atoms with Crippen molar-refractivity contribution in [3.8, 4) is 0 Å². The predicted molar refractivity (Wildman–Crippen MR) is 95.1 cm³/mol. The molecule has 8 heteroatoms. The lowest BCUT2D eigenvalue weighted by Crippen LogP contribution is -2.12. The summed E-state index contributed by atoms with van der Waals surface area (Å²) in [5.74, 6) is -0.502. The molecule has 6 nitrogen and oxygen atoms in total. The first-order valence-electron chi connectivity index (χ1n) is 6.87. The summed E-state index contributed by atoms with van der Waals surface area (Å²) >= 11 is 3.35. The van der Waals surface area contributed by atoms with Crippen LogP contribution in [0.25, 0.3) is 0 Å². The first-order valence-corrected chi connectivity index (χ1v) is 8.81. The quantitative estimate of drug-likeness (QED) is 0.675. The van der Waals surface area contributed by atoms with Crippen LogP contribution in [0.2, 0.25) is 0 Å². The molecule has 0 fully saturated rings. The van der Waals surface area contributed by atoms with Crippen LogP contribution in [-0.2, 0) is 11.0 Å². The molecule has 0 bridgehead atoms. The molecule has 0 saturated heterocycles. The third-order valence-corrected chi connectivity index (χ3v) is 4.62. The van der Waals surface area contributed by atoms with Crippen LogP contribution in [0.15, 0.2) is 74.8 Å². The van der Waals surface area contributed by atoms with Gasteiger partial charge in [-0.1, -0.05) is 22.0 Å². The molecule has 0 aliphatic heterocycles. The van der Waals surface area contributed by atoms with E-state index in [1.165, 1.54) is 12.5 Å². The second kappa shape index (κ2) is 7.41. The van der Waals surface area contributed by atoms with Gasteiger partial charge in [0.1, 0.15) is 17.2 Å². The molecule has 0 saturated carbocycles. The molecule has 3 rings (SSSR count). The molecule has 24 heavy (non-hydrogen) atoms. The standard InChI is InChI=1S/C16H12BrN3O3S/c17-11-4-6-12(7-5-11)20-24(22)14-3-1-2-13(10-14)19-15(21)16-18-8-9-23-16/h1-10,20H,(H,19,21). The summed E-state index contributed by atoms with van der Waals surface area (Å²) in [6, 6.07) is 14.1. The number of amides is 1. The highest BCUT2D eigenvalue weighted by Crippen LogP contribution is 2.19. The lowest BCUT2D eigenvalue weighted by molar-refractivity contribution is 0.0990. The van der Waals surface area contributed by atoms with Crippen molar-refractivity contribution in [2.45, 2.75) is 4.90 Å². The number of aromatic nitrogens is 1. The molecule has 1 heterocycles. The van der Waals surface area contributed by atoms with Gasteiger partial charge >= 0.3 is 5.91 Å². The van der Waals surface area contributed by atoms with E-state index in [0.29, 0.717) is 10.6 Å². The number of oxazole rings is 1. The van der Waals surface area contributed by atoms with Gasteiger partial charge in [0.05, 0.1) is 11.1 Å². The second-order valence-corrected chi connectivity index (χ2v) is 6.83. The van der Waals surface area contributed by atoms with Crippen LogP contribution in [0.1, 0.15) is 10.7 Å². The van der Waals surface area contributed by atoms with Crippen molar-refractivity contribution in [1.82, 2.24) is 4.98 Å². The Balaban J connectivity index is 1.71. The number of anilines is 2. The van der Waals surface area contributed by atoms with Crippen LogP contribution in [-0.4, -0.2) is 15.1 Å². The Morgan fingerprint density at radius 1 is 1.12 bits per heavy atom. The summed E-state index contributed by atoms with van der Waals surface area (Å²) in [4.78, 5) is 16.2. The normalized spacial score (nSPS) is 11.7. The smallest absolute Gasteiger partial charge is 0.311 e. The van der Waals surface area contributed by atoms with Gasteiger partial charge in [0.25, 0.3) is 5.89 Å². The highest BCUT2D eigenvalue weighted by molar-refractivity contribution is 9.10. The van der Waals surface area contributed by atoms with Gasteiger partial charge in [0, 0.05) is 15.8 Å². The van der Waals surface area contributed by atoms with E-state index >= 15 is 0 Å². The van der Waals surface area contributed by atoms with Crippen molar-refractivity contribution in [3.05, 3.63) is 71.4 Å². The first-order chi connectivity index (χ1) is 11.6. The Kier molecular flexibility index (Phi) is 5.07. The first kappa shape index (κ1) is 16.4. The van der Waals surface area contributed by atoms with Crippen LogP contribution >= 0.6 is 15.9 Å². The van der Waals surface area contributed by atoms with E-state index in [1.54, 1.807) is 24.3 Å². The number of carbonyl (C=O) groups is 1. The Morgan fingerprint density at radius 3 is 2.62 bits per heavy atom. The van der Waals surface area contributed by atoms with Crippen LogP contribution < -0.4 is 10.0 Å². The van der Waals surface area contributed by atoms with E-state index in [2.05, 4.69) is 31.0 Å². The van der Waals surface area contributed by atoms with Gasteiger partial charge in [0.15, 0.2) is 0 Å². The summed E-state index contributed by atoms with van der Waals surface area (Å²) < 4.78 is 21.2. The molecule has 1 amide bonds. The molecule has 0 aliphatic carbocycles. The van der Waals surface area contributed by atoms with Crippen molar-refractivity contribution in [2.24, 2.45) is 0 Å². The zero-order valence-corrected chi connectivity index (χ0v) is 14.6. The van der Waals surface area contributed by atoms with Crippen molar-refractivity contribution < 1.29 is 13.4 Å². The van der Waals surface area contributed by atoms with Gasteiger partial charge < -0.3 is 14.5 Å². The molecule has 2 N–H and O–H groups in total. The van der Waals surface area contributed by atoms with Crippen molar-refractivity contribution in [1.29, 1.82) is 0 Å². The zero-order chi connectivity index (χ0) is 16.9. The predicted octanol–water partition coefficient (Wildman–Crippen LogP) is 3.82. The fraction of sp³-hybridized carbons (Fsp3) is 0. The van der Waals surface area contributed by atoms with Crippen molar-refractivity contribution >= 4 is 44.2 Å². The molecular formula is C16H12BrN3O3S. The van der Waals surface area contributed by atoms with Crippen LogP contribution in [0.3, 0.4) is 0 Å². The van der Waals surface area contributed by atoms with E-state index in [1.807, 2.05) is 24.3 Å². The monoisotopic (exact) mass is 405 g/mol. The van der Waals surface area contributed by atoms with Gasteiger partial charge in [-0.15, -0.1) is 0 Å². The lowest BCUT2D eigenvalue weighted by atomic mass is 10.3. The maximum absolute atomic E-state index is 12.4. The SMILES string of the molecule is O=C(Nc1cccc(S(=O)Nc2ccc(Br)cc2)c1)c1ncco1. The second-order valence-electron chi connectivity index (χ2n) is 4.70. The highest BCUT2D eigenvalue weighted by atomic mass is 79.9. The largest absolute Gasteiger partial charge is 0.441 e. The number of hydrogen-bond acceptors (Lipinski definition) is 4. The average Bonchev–Trinajstić information content (AvgIpc) is 3.12. The number of benzene rings is 2. The van der Waals surface area contributed by atoms with Gasteiger partial charge in [0.2, 0.25) is 0 Å². The molecule has 1 atom stereocenters. The maximum atomic E-state index is 12.4. The van der Waals surface area contributed by atoms with E-state index in [0.717, 1.165) is 10.2 Å². The Hall–Kier alpha value is -2.45. The Bertz CT molecular complexity index is 867. The molecule has 0 aliphatic rings. The number of rotatable bonds is 5. The fourth-order valence-corrected chi connectivity index (χ4v) is 3.06. The van der Waals surface area contributed by atoms with E-state index in [9.17, 15) is 9.00 Å². The Morgan fingerprint density at radius 2 is 1.92 bits per heavy atom. The molecule has 1 unspecified atom stereocenters. The third kappa shape index (κ3) is 4.09. The van der Waals surface area contributed by atoms with Crippen molar-refractivity contribution in [3.63, 3.8) is 0 Å². The van der Waals surface area contributed by atoms with Crippen LogP contribution in [0, 0.1) is 0 Å². The van der Waals surface area contributed by atoms with Gasteiger partial charge in [-0.25, -0.2) is 9.19 Å². The molecule has 3 aromatic rings. The zero-order valence-electron chi connectivity index (χ0n) is 12.2. The van der Waals surface area contributed by atoms with Gasteiger partial charge in [-0.3, -0.25) is 4.79 Å². The summed E-state index contributed by atoms with van der Waals surface area (Å²) in [6.45, 7) is 0. The minimum Gasteiger partial charge on any atom is -0.441 e. The molecular weight excluding hydrogens is 394 g/mol. The van der Waals surface area contributed by atoms with Gasteiger partial charge in [-0.05, 0) is 42.5 Å².